The molecule has 96 valence electrons. The molecule has 0 bridgehead atoms. The van der Waals surface area contributed by atoms with Gasteiger partial charge in [0, 0.05) is 24.4 Å². The molecule has 0 saturated carbocycles. The van der Waals surface area contributed by atoms with Crippen molar-refractivity contribution in [2.75, 3.05) is 12.4 Å². The summed E-state index contributed by atoms with van der Waals surface area (Å²) in [6.07, 6.45) is 1.60. The summed E-state index contributed by atoms with van der Waals surface area (Å²) < 4.78 is 5.14. The highest BCUT2D eigenvalue weighted by molar-refractivity contribution is 6.33. The zero-order valence-corrected chi connectivity index (χ0v) is 11.1. The lowest BCUT2D eigenvalue weighted by atomic mass is 10.2. The first-order valence-electron chi connectivity index (χ1n) is 5.66. The molecule has 0 amide bonds. The van der Waals surface area contributed by atoms with Gasteiger partial charge in [0.1, 0.15) is 17.5 Å². The average molecular weight is 274 g/mol. The number of ether oxygens (including phenoxy) is 1. The van der Waals surface area contributed by atoms with Crippen LogP contribution >= 0.6 is 11.6 Å². The molecule has 0 aliphatic heterocycles. The van der Waals surface area contributed by atoms with Crippen LogP contribution in [-0.2, 0) is 6.54 Å². The summed E-state index contributed by atoms with van der Waals surface area (Å²) in [4.78, 5) is 4.01. The van der Waals surface area contributed by atoms with Crippen molar-refractivity contribution in [1.29, 1.82) is 5.26 Å². The first-order valence-corrected chi connectivity index (χ1v) is 6.04. The van der Waals surface area contributed by atoms with E-state index in [1.54, 1.807) is 31.5 Å². The van der Waals surface area contributed by atoms with Crippen molar-refractivity contribution in [2.45, 2.75) is 6.54 Å². The third-order valence-electron chi connectivity index (χ3n) is 2.64. The topological polar surface area (TPSA) is 57.9 Å². The van der Waals surface area contributed by atoms with Gasteiger partial charge in [0.25, 0.3) is 0 Å². The van der Waals surface area contributed by atoms with Gasteiger partial charge in [-0.15, -0.1) is 0 Å². The summed E-state index contributed by atoms with van der Waals surface area (Å²) in [5.41, 5.74) is 1.99. The van der Waals surface area contributed by atoms with E-state index in [2.05, 4.69) is 16.4 Å². The minimum Gasteiger partial charge on any atom is -0.497 e. The van der Waals surface area contributed by atoms with Gasteiger partial charge in [-0.25, -0.2) is 4.98 Å². The molecule has 0 unspecified atom stereocenters. The number of hydrogen-bond acceptors (Lipinski definition) is 4. The Bertz CT molecular complexity index is 622. The maximum absolute atomic E-state index is 8.97. The van der Waals surface area contributed by atoms with E-state index in [9.17, 15) is 0 Å². The number of hydrogen-bond donors (Lipinski definition) is 1. The number of nitrogens with one attached hydrogen (secondary N) is 1. The van der Waals surface area contributed by atoms with Crippen LogP contribution in [-0.4, -0.2) is 12.1 Å². The van der Waals surface area contributed by atoms with E-state index >= 15 is 0 Å². The summed E-state index contributed by atoms with van der Waals surface area (Å²) in [5.74, 6) is 0.721. The van der Waals surface area contributed by atoms with Gasteiger partial charge < -0.3 is 10.1 Å². The highest BCUT2D eigenvalue weighted by atomic mass is 35.5. The molecule has 4 nitrogen and oxygen atoms in total. The quantitative estimate of drug-likeness (QED) is 0.929. The summed E-state index contributed by atoms with van der Waals surface area (Å²) in [6, 6.07) is 11.1. The summed E-state index contributed by atoms with van der Waals surface area (Å²) >= 11 is 6.09. The number of rotatable bonds is 4. The second kappa shape index (κ2) is 6.07. The van der Waals surface area contributed by atoms with Gasteiger partial charge in [-0.1, -0.05) is 17.7 Å². The van der Waals surface area contributed by atoms with Crippen molar-refractivity contribution in [3.05, 3.63) is 52.8 Å². The molecule has 1 N–H and O–H groups in total. The Hall–Kier alpha value is -2.25. The maximum Gasteiger partial charge on any atom is 0.145 e. The monoisotopic (exact) mass is 273 g/mol. The van der Waals surface area contributed by atoms with Crippen molar-refractivity contribution >= 4 is 17.3 Å². The molecule has 1 aromatic heterocycles. The van der Waals surface area contributed by atoms with Gasteiger partial charge in [-0.05, 0) is 18.2 Å². The Morgan fingerprint density at radius 1 is 1.42 bits per heavy atom. The zero-order valence-electron chi connectivity index (χ0n) is 10.4. The van der Waals surface area contributed by atoms with Crippen molar-refractivity contribution in [3.8, 4) is 11.8 Å². The number of pyridine rings is 1. The minimum atomic E-state index is 0.411. The number of nitriles is 1. The average Bonchev–Trinajstić information content (AvgIpc) is 2.46. The lowest BCUT2D eigenvalue weighted by Crippen LogP contribution is -2.03. The Kier molecular flexibility index (Phi) is 4.22. The Labute approximate surface area is 116 Å². The van der Waals surface area contributed by atoms with Gasteiger partial charge in [0.15, 0.2) is 0 Å². The van der Waals surface area contributed by atoms with Gasteiger partial charge in [-0.3, -0.25) is 0 Å². The van der Waals surface area contributed by atoms with Crippen LogP contribution in [0.5, 0.6) is 5.75 Å². The molecule has 0 saturated heterocycles. The lowest BCUT2D eigenvalue weighted by molar-refractivity contribution is 0.415. The normalized spacial score (nSPS) is 9.74. The van der Waals surface area contributed by atoms with Crippen LogP contribution in [0.4, 0.5) is 5.69 Å². The molecule has 19 heavy (non-hydrogen) atoms. The molecule has 0 atom stereocenters. The second-order valence-electron chi connectivity index (χ2n) is 3.82. The number of nitrogens with zero attached hydrogens (tertiary/aromatic N) is 2. The number of halogens is 1. The Morgan fingerprint density at radius 2 is 2.26 bits per heavy atom. The van der Waals surface area contributed by atoms with E-state index in [0.717, 1.165) is 17.0 Å². The molecular formula is C14H12ClN3O. The molecule has 1 aromatic carbocycles. The largest absolute Gasteiger partial charge is 0.497 e. The predicted molar refractivity (Wildman–Crippen MR) is 74.3 cm³/mol. The van der Waals surface area contributed by atoms with E-state index in [0.29, 0.717) is 17.3 Å². The summed E-state index contributed by atoms with van der Waals surface area (Å²) in [7, 11) is 1.60. The molecule has 0 radical (unpaired) electrons. The van der Waals surface area contributed by atoms with Crippen LogP contribution in [0.1, 0.15) is 11.3 Å². The summed E-state index contributed by atoms with van der Waals surface area (Å²) in [6.45, 7) is 0.476. The van der Waals surface area contributed by atoms with Crippen LogP contribution in [0, 0.1) is 11.3 Å². The van der Waals surface area contributed by atoms with Crippen molar-refractivity contribution in [1.82, 2.24) is 4.98 Å². The predicted octanol–water partition coefficient (Wildman–Crippen LogP) is 3.23. The van der Waals surface area contributed by atoms with Gasteiger partial charge >= 0.3 is 0 Å². The lowest BCUT2D eigenvalue weighted by Gasteiger charge is -2.10. The third kappa shape index (κ3) is 3.15. The van der Waals surface area contributed by atoms with Crippen LogP contribution in [0.2, 0.25) is 5.02 Å². The number of anilines is 1. The molecule has 5 heteroatoms. The van der Waals surface area contributed by atoms with E-state index in [1.807, 2.05) is 12.1 Å². The third-order valence-corrected chi connectivity index (χ3v) is 2.97. The molecule has 0 aliphatic carbocycles. The van der Waals surface area contributed by atoms with E-state index < -0.39 is 0 Å². The number of methoxy groups -OCH3 is 1. The second-order valence-corrected chi connectivity index (χ2v) is 4.23. The first kappa shape index (κ1) is 13.2. The summed E-state index contributed by atoms with van der Waals surface area (Å²) in [5, 5.41) is 12.7. The smallest absolute Gasteiger partial charge is 0.145 e. The highest BCUT2D eigenvalue weighted by Crippen LogP contribution is 2.27. The molecular weight excluding hydrogens is 262 g/mol. The van der Waals surface area contributed by atoms with Gasteiger partial charge in [-0.2, -0.15) is 5.26 Å². The van der Waals surface area contributed by atoms with E-state index in [1.165, 1.54) is 0 Å². The van der Waals surface area contributed by atoms with Crippen LogP contribution < -0.4 is 10.1 Å². The minimum absolute atomic E-state index is 0.411. The fraction of sp³-hybridized carbons (Fsp3) is 0.143. The molecule has 1 heterocycles. The standard InChI is InChI=1S/C14H12ClN3O/c1-19-11-4-5-12(15)13(7-11)18-9-10-3-2-6-17-14(10)8-16/h2-7,18H,9H2,1H3. The Morgan fingerprint density at radius 3 is 3.00 bits per heavy atom. The number of benzene rings is 1. The highest BCUT2D eigenvalue weighted by Gasteiger charge is 2.05. The van der Waals surface area contributed by atoms with Crippen LogP contribution in [0.15, 0.2) is 36.5 Å². The van der Waals surface area contributed by atoms with Crippen molar-refractivity contribution in [2.24, 2.45) is 0 Å². The molecule has 2 rings (SSSR count). The fourth-order valence-electron chi connectivity index (χ4n) is 1.64. The maximum atomic E-state index is 8.97. The molecule has 0 spiro atoms. The molecule has 0 fully saturated rings. The van der Waals surface area contributed by atoms with Gasteiger partial charge in [0.2, 0.25) is 0 Å². The Balaban J connectivity index is 2.17. The first-order chi connectivity index (χ1) is 9.24. The SMILES string of the molecule is COc1ccc(Cl)c(NCc2cccnc2C#N)c1. The van der Waals surface area contributed by atoms with E-state index in [-0.39, 0.29) is 0 Å². The zero-order chi connectivity index (χ0) is 13.7. The van der Waals surface area contributed by atoms with Crippen LogP contribution in [0.25, 0.3) is 0 Å². The molecule has 2 aromatic rings. The number of aromatic nitrogens is 1. The molecule has 0 aliphatic rings. The van der Waals surface area contributed by atoms with E-state index in [4.69, 9.17) is 21.6 Å². The van der Waals surface area contributed by atoms with Gasteiger partial charge in [0.05, 0.1) is 17.8 Å². The van der Waals surface area contributed by atoms with Crippen molar-refractivity contribution < 1.29 is 4.74 Å². The fourth-order valence-corrected chi connectivity index (χ4v) is 1.82. The van der Waals surface area contributed by atoms with Crippen LogP contribution in [0.3, 0.4) is 0 Å². The van der Waals surface area contributed by atoms with Crippen molar-refractivity contribution in [3.63, 3.8) is 0 Å².